The van der Waals surface area contributed by atoms with Gasteiger partial charge in [-0.2, -0.15) is 5.10 Å². The van der Waals surface area contributed by atoms with Gasteiger partial charge in [-0.05, 0) is 35.7 Å². The van der Waals surface area contributed by atoms with Crippen molar-refractivity contribution in [3.63, 3.8) is 0 Å². The van der Waals surface area contributed by atoms with E-state index in [9.17, 15) is 4.79 Å². The Hall–Kier alpha value is -2.94. The number of nitrogens with zero attached hydrogens (tertiary/aromatic N) is 4. The molecule has 118 valence electrons. The van der Waals surface area contributed by atoms with Gasteiger partial charge in [0.05, 0.1) is 5.00 Å². The lowest BCUT2D eigenvalue weighted by Crippen LogP contribution is -2.32. The summed E-state index contributed by atoms with van der Waals surface area (Å²) in [6.07, 6.45) is 3.48. The second-order valence-corrected chi connectivity index (χ2v) is 5.46. The van der Waals surface area contributed by atoms with Crippen molar-refractivity contribution in [1.29, 1.82) is 0 Å². The van der Waals surface area contributed by atoms with Crippen LogP contribution in [0, 0.1) is 0 Å². The summed E-state index contributed by atoms with van der Waals surface area (Å²) >= 11 is 1.47. The molecule has 0 saturated heterocycles. The number of carbonyl (C=O) groups is 1. The molecule has 8 nitrogen and oxygen atoms in total. The minimum atomic E-state index is -0.227. The van der Waals surface area contributed by atoms with Crippen LogP contribution in [0.4, 0.5) is 15.6 Å². The van der Waals surface area contributed by atoms with Gasteiger partial charge in [0, 0.05) is 25.5 Å². The van der Waals surface area contributed by atoms with E-state index in [1.165, 1.54) is 11.3 Å². The maximum absolute atomic E-state index is 11.6. The summed E-state index contributed by atoms with van der Waals surface area (Å²) in [5.41, 5.74) is 0. The molecule has 0 radical (unpaired) electrons. The van der Waals surface area contributed by atoms with Crippen LogP contribution in [0.1, 0.15) is 0 Å². The van der Waals surface area contributed by atoms with Crippen LogP contribution < -0.4 is 16.0 Å². The van der Waals surface area contributed by atoms with Crippen LogP contribution in [0.15, 0.2) is 48.1 Å². The zero-order valence-electron chi connectivity index (χ0n) is 12.1. The van der Waals surface area contributed by atoms with Crippen molar-refractivity contribution in [2.75, 3.05) is 23.7 Å². The molecule has 3 rings (SSSR count). The van der Waals surface area contributed by atoms with Gasteiger partial charge in [0.15, 0.2) is 5.82 Å². The second kappa shape index (κ2) is 7.36. The van der Waals surface area contributed by atoms with Gasteiger partial charge in [-0.1, -0.05) is 0 Å². The van der Waals surface area contributed by atoms with Crippen molar-refractivity contribution in [2.45, 2.75) is 0 Å². The van der Waals surface area contributed by atoms with E-state index in [0.717, 1.165) is 5.00 Å². The Morgan fingerprint density at radius 3 is 2.83 bits per heavy atom. The molecule has 0 aliphatic carbocycles. The quantitative estimate of drug-likeness (QED) is 0.601. The first-order valence-corrected chi connectivity index (χ1v) is 7.85. The number of thiophene rings is 1. The summed E-state index contributed by atoms with van der Waals surface area (Å²) in [5.74, 6) is 1.29. The minimum absolute atomic E-state index is 0.227. The predicted octanol–water partition coefficient (Wildman–Crippen LogP) is 1.96. The smallest absolute Gasteiger partial charge is 0.319 e. The van der Waals surface area contributed by atoms with E-state index in [0.29, 0.717) is 24.7 Å². The Bertz CT molecular complexity index is 725. The minimum Gasteiger partial charge on any atom is -0.367 e. The van der Waals surface area contributed by atoms with Crippen molar-refractivity contribution < 1.29 is 4.79 Å². The van der Waals surface area contributed by atoms with Gasteiger partial charge in [-0.15, -0.1) is 21.5 Å². The maximum atomic E-state index is 11.6. The van der Waals surface area contributed by atoms with Gasteiger partial charge in [-0.3, -0.25) is 5.32 Å². The molecule has 23 heavy (non-hydrogen) atoms. The van der Waals surface area contributed by atoms with Crippen molar-refractivity contribution >= 4 is 28.2 Å². The highest BCUT2D eigenvalue weighted by atomic mass is 32.1. The lowest BCUT2D eigenvalue weighted by atomic mass is 10.5. The van der Waals surface area contributed by atoms with Crippen LogP contribution >= 0.6 is 11.3 Å². The van der Waals surface area contributed by atoms with E-state index in [1.54, 1.807) is 17.1 Å². The Balaban J connectivity index is 1.39. The van der Waals surface area contributed by atoms with Gasteiger partial charge in [-0.25, -0.2) is 9.48 Å². The number of carbonyl (C=O) groups excluding carboxylic acids is 1. The predicted molar refractivity (Wildman–Crippen MR) is 89.0 cm³/mol. The van der Waals surface area contributed by atoms with Crippen molar-refractivity contribution in [1.82, 2.24) is 25.3 Å². The van der Waals surface area contributed by atoms with Crippen LogP contribution in [-0.4, -0.2) is 39.1 Å². The fourth-order valence-electron chi connectivity index (χ4n) is 1.82. The maximum Gasteiger partial charge on any atom is 0.319 e. The summed E-state index contributed by atoms with van der Waals surface area (Å²) < 4.78 is 1.63. The molecule has 0 spiro atoms. The number of aromatic nitrogens is 4. The van der Waals surface area contributed by atoms with E-state index in [1.807, 2.05) is 35.7 Å². The van der Waals surface area contributed by atoms with Crippen LogP contribution in [0.5, 0.6) is 0 Å². The van der Waals surface area contributed by atoms with Crippen molar-refractivity contribution in [2.24, 2.45) is 0 Å². The number of anilines is 2. The molecule has 0 bridgehead atoms. The summed E-state index contributed by atoms with van der Waals surface area (Å²) in [6, 6.07) is 8.96. The fraction of sp³-hybridized carbons (Fsp3) is 0.143. The third-order valence-electron chi connectivity index (χ3n) is 2.86. The second-order valence-electron chi connectivity index (χ2n) is 4.51. The van der Waals surface area contributed by atoms with E-state index in [2.05, 4.69) is 31.2 Å². The van der Waals surface area contributed by atoms with Gasteiger partial charge < -0.3 is 10.6 Å². The zero-order chi connectivity index (χ0) is 15.9. The van der Waals surface area contributed by atoms with E-state index >= 15 is 0 Å². The molecule has 0 aliphatic rings. The zero-order valence-corrected chi connectivity index (χ0v) is 13.0. The van der Waals surface area contributed by atoms with Gasteiger partial charge in [0.2, 0.25) is 0 Å². The molecule has 0 unspecified atom stereocenters. The monoisotopic (exact) mass is 329 g/mol. The SMILES string of the molecule is O=C(NCCNc1ccc(-n2cccn2)nn1)Nc1cccs1. The topological polar surface area (TPSA) is 96.8 Å². The van der Waals surface area contributed by atoms with Crippen LogP contribution in [0.2, 0.25) is 0 Å². The van der Waals surface area contributed by atoms with Crippen LogP contribution in [-0.2, 0) is 0 Å². The molecule has 3 heterocycles. The molecule has 0 aliphatic heterocycles. The number of nitrogens with one attached hydrogen (secondary N) is 3. The van der Waals surface area contributed by atoms with Crippen molar-refractivity contribution in [3.8, 4) is 5.82 Å². The summed E-state index contributed by atoms with van der Waals surface area (Å²) in [5, 5.41) is 23.5. The van der Waals surface area contributed by atoms with E-state index in [4.69, 9.17) is 0 Å². The first-order chi connectivity index (χ1) is 11.3. The Morgan fingerprint density at radius 2 is 2.13 bits per heavy atom. The molecule has 3 aromatic rings. The molecule has 0 aromatic carbocycles. The largest absolute Gasteiger partial charge is 0.367 e. The highest BCUT2D eigenvalue weighted by molar-refractivity contribution is 7.14. The standard InChI is InChI=1S/C14H15N7OS/c22-14(18-13-3-1-10-23-13)16-8-7-15-11-4-5-12(20-19-11)21-9-2-6-17-21/h1-6,9-10H,7-8H2,(H,15,19)(H2,16,18,22). The summed E-state index contributed by atoms with van der Waals surface area (Å²) in [7, 11) is 0. The number of hydrogen-bond donors (Lipinski definition) is 3. The highest BCUT2D eigenvalue weighted by Crippen LogP contribution is 2.14. The third-order valence-corrected chi connectivity index (χ3v) is 3.65. The number of urea groups is 1. The van der Waals surface area contributed by atoms with Crippen molar-refractivity contribution in [3.05, 3.63) is 48.1 Å². The third kappa shape index (κ3) is 4.27. The molecular weight excluding hydrogens is 314 g/mol. The summed E-state index contributed by atoms with van der Waals surface area (Å²) in [6.45, 7) is 1.02. The molecule has 0 fully saturated rings. The lowest BCUT2D eigenvalue weighted by molar-refractivity contribution is 0.252. The normalized spacial score (nSPS) is 10.3. The van der Waals surface area contributed by atoms with Gasteiger partial charge in [0.1, 0.15) is 5.82 Å². The molecule has 0 atom stereocenters. The average molecular weight is 329 g/mol. The van der Waals surface area contributed by atoms with Crippen LogP contribution in [0.3, 0.4) is 0 Å². The average Bonchev–Trinajstić information content (AvgIpc) is 3.26. The Labute approximate surface area is 136 Å². The van der Waals surface area contributed by atoms with E-state index in [-0.39, 0.29) is 6.03 Å². The number of amides is 2. The first kappa shape index (κ1) is 15.0. The Morgan fingerprint density at radius 1 is 1.17 bits per heavy atom. The Kier molecular flexibility index (Phi) is 4.79. The molecule has 3 aromatic heterocycles. The van der Waals surface area contributed by atoms with Gasteiger partial charge >= 0.3 is 6.03 Å². The summed E-state index contributed by atoms with van der Waals surface area (Å²) in [4.78, 5) is 11.6. The van der Waals surface area contributed by atoms with E-state index < -0.39 is 0 Å². The molecule has 2 amide bonds. The van der Waals surface area contributed by atoms with Crippen LogP contribution in [0.25, 0.3) is 5.82 Å². The molecular formula is C14H15N7OS. The molecule has 9 heteroatoms. The fourth-order valence-corrected chi connectivity index (χ4v) is 2.43. The first-order valence-electron chi connectivity index (χ1n) is 6.97. The van der Waals surface area contributed by atoms with Gasteiger partial charge in [0.25, 0.3) is 0 Å². The highest BCUT2D eigenvalue weighted by Gasteiger charge is 2.02. The number of rotatable bonds is 6. The molecule has 0 saturated carbocycles. The molecule has 3 N–H and O–H groups in total. The lowest BCUT2D eigenvalue weighted by Gasteiger charge is -2.08. The number of hydrogen-bond acceptors (Lipinski definition) is 6.